The molecule has 0 spiro atoms. The molecule has 4 aromatic heterocycles. The number of H-pyrrole nitrogens is 1. The van der Waals surface area contributed by atoms with Crippen LogP contribution in [0.3, 0.4) is 0 Å². The van der Waals surface area contributed by atoms with Gasteiger partial charge >= 0.3 is 0 Å². The molecule has 35 heavy (non-hydrogen) atoms. The van der Waals surface area contributed by atoms with Crippen LogP contribution in [-0.4, -0.2) is 78.0 Å². The average molecular weight is 470 g/mol. The van der Waals surface area contributed by atoms with Crippen LogP contribution in [0, 0.1) is 0 Å². The zero-order chi connectivity index (χ0) is 24.5. The topological polar surface area (TPSA) is 151 Å². The summed E-state index contributed by atoms with van der Waals surface area (Å²) >= 11 is 0. The van der Waals surface area contributed by atoms with Crippen molar-refractivity contribution in [1.29, 1.82) is 0 Å². The molecule has 5 rings (SSSR count). The van der Waals surface area contributed by atoms with Gasteiger partial charge in [0, 0.05) is 49.7 Å². The molecule has 4 aromatic rings. The maximum absolute atomic E-state index is 13.2. The van der Waals surface area contributed by atoms with Gasteiger partial charge in [-0.1, -0.05) is 6.07 Å². The first-order valence-corrected chi connectivity index (χ1v) is 11.0. The van der Waals surface area contributed by atoms with Crippen molar-refractivity contribution in [3.8, 4) is 11.4 Å². The molecule has 11 heteroatoms. The standard InChI is InChI=1S/C24H22N8O3/c1-14-13-31(23(34)17-4-2-3-6-26-17)8-9-32(14)24(35)22(33)16-10-30-20-15(16)5-7-27-21(20)18-11-29-19(25)12-28-18/h2-7,10-12,14,30H,8-9,13H2,1H3,(H2,25,29)/t14-/m1/s1. The number of carbonyl (C=O) groups excluding carboxylic acids is 3. The minimum Gasteiger partial charge on any atom is -0.382 e. The van der Waals surface area contributed by atoms with Gasteiger partial charge in [0.05, 0.1) is 23.5 Å². The molecule has 0 bridgehead atoms. The van der Waals surface area contributed by atoms with Crippen LogP contribution in [0.2, 0.25) is 0 Å². The number of aromatic amines is 1. The minimum absolute atomic E-state index is 0.196. The third-order valence-corrected chi connectivity index (χ3v) is 6.01. The largest absolute Gasteiger partial charge is 0.382 e. The molecular formula is C24H22N8O3. The SMILES string of the molecule is C[C@@H]1CN(C(=O)c2ccccn2)CCN1C(=O)C(=O)c1c[nH]c2c(-c3cnc(N)cn3)nccc12. The van der Waals surface area contributed by atoms with Crippen molar-refractivity contribution in [2.45, 2.75) is 13.0 Å². The fourth-order valence-electron chi connectivity index (χ4n) is 4.24. The predicted molar refractivity (Wildman–Crippen MR) is 127 cm³/mol. The van der Waals surface area contributed by atoms with Crippen molar-refractivity contribution < 1.29 is 14.4 Å². The van der Waals surface area contributed by atoms with Crippen LogP contribution in [0.4, 0.5) is 5.82 Å². The van der Waals surface area contributed by atoms with Crippen LogP contribution in [0.5, 0.6) is 0 Å². The number of nitrogens with zero attached hydrogens (tertiary/aromatic N) is 6. The van der Waals surface area contributed by atoms with Crippen LogP contribution < -0.4 is 5.73 Å². The van der Waals surface area contributed by atoms with E-state index < -0.39 is 11.7 Å². The summed E-state index contributed by atoms with van der Waals surface area (Å²) in [5, 5.41) is 0.559. The van der Waals surface area contributed by atoms with E-state index in [9.17, 15) is 14.4 Å². The third-order valence-electron chi connectivity index (χ3n) is 6.01. The number of carbonyl (C=O) groups is 3. The molecule has 0 aromatic carbocycles. The van der Waals surface area contributed by atoms with Crippen LogP contribution in [-0.2, 0) is 4.79 Å². The van der Waals surface area contributed by atoms with E-state index in [1.807, 2.05) is 6.92 Å². The second-order valence-electron chi connectivity index (χ2n) is 8.25. The van der Waals surface area contributed by atoms with Crippen molar-refractivity contribution >= 4 is 34.3 Å². The number of nitrogen functional groups attached to an aromatic ring is 1. The molecule has 11 nitrogen and oxygen atoms in total. The number of anilines is 1. The number of ketones is 1. The molecule has 1 aliphatic rings. The van der Waals surface area contributed by atoms with Gasteiger partial charge in [-0.3, -0.25) is 24.4 Å². The number of aromatic nitrogens is 5. The predicted octanol–water partition coefficient (Wildman–Crippen LogP) is 1.55. The van der Waals surface area contributed by atoms with E-state index in [0.29, 0.717) is 41.1 Å². The van der Waals surface area contributed by atoms with E-state index in [4.69, 9.17) is 5.73 Å². The van der Waals surface area contributed by atoms with E-state index in [2.05, 4.69) is 24.9 Å². The highest BCUT2D eigenvalue weighted by Gasteiger charge is 2.34. The number of hydrogen-bond donors (Lipinski definition) is 2. The molecule has 0 aliphatic carbocycles. The molecule has 3 N–H and O–H groups in total. The first-order valence-electron chi connectivity index (χ1n) is 11.0. The van der Waals surface area contributed by atoms with Gasteiger partial charge in [0.2, 0.25) is 0 Å². The van der Waals surface area contributed by atoms with E-state index in [1.54, 1.807) is 41.6 Å². The highest BCUT2D eigenvalue weighted by Crippen LogP contribution is 2.27. The number of Topliss-reactive ketones (excluding diaryl/α,β-unsaturated/α-hetero) is 1. The van der Waals surface area contributed by atoms with Crippen LogP contribution >= 0.6 is 0 Å². The lowest BCUT2D eigenvalue weighted by molar-refractivity contribution is -0.130. The zero-order valence-electron chi connectivity index (χ0n) is 18.9. The van der Waals surface area contributed by atoms with Crippen molar-refractivity contribution in [3.05, 3.63) is 66.5 Å². The first-order chi connectivity index (χ1) is 16.9. The average Bonchev–Trinajstić information content (AvgIpc) is 3.33. The van der Waals surface area contributed by atoms with Gasteiger partial charge in [-0.05, 0) is 25.1 Å². The molecule has 1 atom stereocenters. The molecule has 5 heterocycles. The van der Waals surface area contributed by atoms with Gasteiger partial charge in [-0.25, -0.2) is 9.97 Å². The Morgan fingerprint density at radius 3 is 2.60 bits per heavy atom. The van der Waals surface area contributed by atoms with Crippen LogP contribution in [0.1, 0.15) is 27.8 Å². The summed E-state index contributed by atoms with van der Waals surface area (Å²) < 4.78 is 0. The Kier molecular flexibility index (Phi) is 5.65. The molecule has 1 fully saturated rings. The lowest BCUT2D eigenvalue weighted by Crippen LogP contribution is -2.56. The van der Waals surface area contributed by atoms with E-state index >= 15 is 0 Å². The molecule has 1 aliphatic heterocycles. The van der Waals surface area contributed by atoms with Gasteiger partial charge < -0.3 is 20.5 Å². The van der Waals surface area contributed by atoms with E-state index in [-0.39, 0.29) is 29.9 Å². The first kappa shape index (κ1) is 22.1. The lowest BCUT2D eigenvalue weighted by Gasteiger charge is -2.39. The Bertz CT molecular complexity index is 1420. The fraction of sp³-hybridized carbons (Fsp3) is 0.208. The maximum Gasteiger partial charge on any atom is 0.295 e. The quantitative estimate of drug-likeness (QED) is 0.337. The Morgan fingerprint density at radius 1 is 1.03 bits per heavy atom. The summed E-state index contributed by atoms with van der Waals surface area (Å²) in [5.41, 5.74) is 7.77. The number of amides is 2. The number of nitrogens with one attached hydrogen (secondary N) is 1. The van der Waals surface area contributed by atoms with E-state index in [1.165, 1.54) is 23.5 Å². The number of pyridine rings is 2. The van der Waals surface area contributed by atoms with Gasteiger partial charge in [-0.2, -0.15) is 0 Å². The second-order valence-corrected chi connectivity index (χ2v) is 8.25. The van der Waals surface area contributed by atoms with Crippen molar-refractivity contribution in [1.82, 2.24) is 34.7 Å². The summed E-state index contributed by atoms with van der Waals surface area (Å²) in [6, 6.07) is 6.50. The Labute approximate surface area is 200 Å². The smallest absolute Gasteiger partial charge is 0.295 e. The summed E-state index contributed by atoms with van der Waals surface area (Å²) in [4.78, 5) is 62.1. The summed E-state index contributed by atoms with van der Waals surface area (Å²) in [6.45, 7) is 2.70. The van der Waals surface area contributed by atoms with Gasteiger partial charge in [0.1, 0.15) is 22.9 Å². The highest BCUT2D eigenvalue weighted by molar-refractivity contribution is 6.45. The lowest BCUT2D eigenvalue weighted by atomic mass is 10.1. The molecule has 2 amide bonds. The molecule has 0 unspecified atom stereocenters. The van der Waals surface area contributed by atoms with Crippen LogP contribution in [0.25, 0.3) is 22.3 Å². The molecule has 0 saturated carbocycles. The van der Waals surface area contributed by atoms with Crippen LogP contribution in [0.15, 0.2) is 55.2 Å². The molecule has 1 saturated heterocycles. The highest BCUT2D eigenvalue weighted by atomic mass is 16.2. The monoisotopic (exact) mass is 470 g/mol. The summed E-state index contributed by atoms with van der Waals surface area (Å²) in [6.07, 6.45) is 7.55. The summed E-state index contributed by atoms with van der Waals surface area (Å²) in [7, 11) is 0. The number of hydrogen-bond acceptors (Lipinski definition) is 8. The third kappa shape index (κ3) is 4.07. The minimum atomic E-state index is -0.631. The molecule has 0 radical (unpaired) electrons. The molecular weight excluding hydrogens is 448 g/mol. The Morgan fingerprint density at radius 2 is 1.89 bits per heavy atom. The molecule has 176 valence electrons. The second kappa shape index (κ2) is 8.93. The number of nitrogens with two attached hydrogens (primary N) is 1. The van der Waals surface area contributed by atoms with Gasteiger partial charge in [0.15, 0.2) is 0 Å². The van der Waals surface area contributed by atoms with Crippen molar-refractivity contribution in [2.24, 2.45) is 0 Å². The van der Waals surface area contributed by atoms with Crippen molar-refractivity contribution in [3.63, 3.8) is 0 Å². The van der Waals surface area contributed by atoms with E-state index in [0.717, 1.165) is 0 Å². The number of piperazine rings is 1. The van der Waals surface area contributed by atoms with Crippen molar-refractivity contribution in [2.75, 3.05) is 25.4 Å². The Balaban J connectivity index is 1.35. The van der Waals surface area contributed by atoms with Gasteiger partial charge in [-0.15, -0.1) is 0 Å². The number of rotatable bonds is 4. The number of fused-ring (bicyclic) bond motifs is 1. The normalized spacial score (nSPS) is 15.9. The summed E-state index contributed by atoms with van der Waals surface area (Å²) in [5.74, 6) is -1.16. The zero-order valence-corrected chi connectivity index (χ0v) is 18.9. The van der Waals surface area contributed by atoms with Gasteiger partial charge in [0.25, 0.3) is 17.6 Å². The maximum atomic E-state index is 13.2. The fourth-order valence-corrected chi connectivity index (χ4v) is 4.24. The Hall–Kier alpha value is -4.67.